The monoisotopic (exact) mass is 512 g/mol. The molecule has 0 bridgehead atoms. The highest BCUT2D eigenvalue weighted by molar-refractivity contribution is 8.18. The van der Waals surface area contributed by atoms with E-state index < -0.39 is 16.7 Å². The number of aromatic nitrogens is 2. The third kappa shape index (κ3) is 6.54. The van der Waals surface area contributed by atoms with Crippen molar-refractivity contribution in [2.24, 2.45) is 0 Å². The second kappa shape index (κ2) is 10.6. The van der Waals surface area contributed by atoms with E-state index in [1.807, 2.05) is 33.8 Å². The molecule has 1 N–H and O–H groups in total. The van der Waals surface area contributed by atoms with E-state index in [0.717, 1.165) is 11.8 Å². The fourth-order valence-electron chi connectivity index (χ4n) is 3.63. The van der Waals surface area contributed by atoms with Gasteiger partial charge in [-0.15, -0.1) is 0 Å². The van der Waals surface area contributed by atoms with Crippen LogP contribution in [0.4, 0.5) is 9.59 Å². The van der Waals surface area contributed by atoms with Gasteiger partial charge in [0, 0.05) is 25.9 Å². The van der Waals surface area contributed by atoms with Crippen LogP contribution < -0.4 is 14.8 Å². The van der Waals surface area contributed by atoms with Crippen LogP contribution in [0.15, 0.2) is 35.5 Å². The maximum absolute atomic E-state index is 12.3. The molecule has 1 aromatic heterocycles. The molecule has 10 nitrogen and oxygen atoms in total. The number of amides is 3. The Morgan fingerprint density at radius 2 is 1.89 bits per heavy atom. The molecule has 1 aromatic carbocycles. The lowest BCUT2D eigenvalue weighted by molar-refractivity contribution is -0.115. The number of nitrogens with zero attached hydrogens (tertiary/aromatic N) is 3. The molecule has 2 aliphatic rings. The van der Waals surface area contributed by atoms with Crippen molar-refractivity contribution in [3.05, 3.63) is 46.6 Å². The molecule has 11 heteroatoms. The molecular formula is C25H28N4O6S. The Balaban J connectivity index is 1.39. The van der Waals surface area contributed by atoms with Crippen molar-refractivity contribution in [2.75, 3.05) is 13.1 Å². The van der Waals surface area contributed by atoms with Gasteiger partial charge >= 0.3 is 6.09 Å². The van der Waals surface area contributed by atoms with E-state index in [9.17, 15) is 14.4 Å². The van der Waals surface area contributed by atoms with Gasteiger partial charge in [-0.1, -0.05) is 12.1 Å². The fraction of sp³-hybridized carbons (Fsp3) is 0.400. The van der Waals surface area contributed by atoms with Crippen LogP contribution in [0.5, 0.6) is 17.5 Å². The minimum Gasteiger partial charge on any atom is -0.474 e. The molecule has 2 fully saturated rings. The zero-order valence-electron chi connectivity index (χ0n) is 20.6. The number of hydrogen-bond acceptors (Lipinski definition) is 9. The topological polar surface area (TPSA) is 120 Å². The van der Waals surface area contributed by atoms with Gasteiger partial charge in [0.2, 0.25) is 11.8 Å². The van der Waals surface area contributed by atoms with Crippen LogP contribution in [-0.2, 0) is 9.53 Å². The van der Waals surface area contributed by atoms with Gasteiger partial charge in [-0.05, 0) is 63.2 Å². The summed E-state index contributed by atoms with van der Waals surface area (Å²) in [7, 11) is 0. The Bertz CT molecular complexity index is 1200. The fourth-order valence-corrected chi connectivity index (χ4v) is 4.32. The summed E-state index contributed by atoms with van der Waals surface area (Å²) in [6, 6.07) is 7.11. The molecule has 0 spiro atoms. The van der Waals surface area contributed by atoms with Gasteiger partial charge in [0.15, 0.2) is 0 Å². The number of carbonyl (C=O) groups is 3. The van der Waals surface area contributed by atoms with E-state index in [-0.39, 0.29) is 12.2 Å². The maximum atomic E-state index is 12.3. The van der Waals surface area contributed by atoms with Crippen molar-refractivity contribution in [3.63, 3.8) is 0 Å². The Labute approximate surface area is 213 Å². The van der Waals surface area contributed by atoms with Crippen molar-refractivity contribution >= 4 is 35.1 Å². The summed E-state index contributed by atoms with van der Waals surface area (Å²) in [5.41, 5.74) is 0.824. The summed E-state index contributed by atoms with van der Waals surface area (Å²) < 4.78 is 17.6. The molecule has 190 valence electrons. The van der Waals surface area contributed by atoms with Gasteiger partial charge in [0.1, 0.15) is 23.8 Å². The van der Waals surface area contributed by atoms with Gasteiger partial charge in [-0.3, -0.25) is 14.9 Å². The molecule has 0 saturated carbocycles. The average Bonchev–Trinajstić information content (AvgIpc) is 3.12. The number of thioether (sulfide) groups is 1. The quantitative estimate of drug-likeness (QED) is 0.569. The van der Waals surface area contributed by atoms with Gasteiger partial charge in [-0.2, -0.15) is 0 Å². The van der Waals surface area contributed by atoms with Crippen LogP contribution in [0.3, 0.4) is 0 Å². The zero-order valence-corrected chi connectivity index (χ0v) is 21.4. The molecule has 0 atom stereocenters. The van der Waals surface area contributed by atoms with E-state index in [4.69, 9.17) is 14.2 Å². The van der Waals surface area contributed by atoms with Crippen LogP contribution in [0.25, 0.3) is 6.08 Å². The Morgan fingerprint density at radius 3 is 2.56 bits per heavy atom. The number of rotatable bonds is 5. The van der Waals surface area contributed by atoms with E-state index in [1.165, 1.54) is 6.33 Å². The summed E-state index contributed by atoms with van der Waals surface area (Å²) in [4.78, 5) is 46.0. The highest BCUT2D eigenvalue weighted by Crippen LogP contribution is 2.31. The first-order chi connectivity index (χ1) is 17.1. The third-order valence-electron chi connectivity index (χ3n) is 5.38. The number of hydrogen-bond donors (Lipinski definition) is 1. The molecule has 0 unspecified atom stereocenters. The Morgan fingerprint density at radius 1 is 1.17 bits per heavy atom. The van der Waals surface area contributed by atoms with E-state index in [2.05, 4.69) is 15.3 Å². The van der Waals surface area contributed by atoms with E-state index in [1.54, 1.807) is 29.2 Å². The maximum Gasteiger partial charge on any atom is 0.410 e. The standard InChI is InChI=1S/C25H28N4O6S/c1-15-21(33-17-8-10-29(11-9-17)24(32)35-25(2,3)4)26-14-27-22(15)34-18-7-5-6-16(12-18)13-19-20(30)28-23(31)36-19/h5-7,12-14,17H,8-11H2,1-4H3,(H,28,30,31)/b19-13-. The number of imide groups is 1. The predicted octanol–water partition coefficient (Wildman–Crippen LogP) is 4.68. The number of ether oxygens (including phenoxy) is 3. The summed E-state index contributed by atoms with van der Waals surface area (Å²) >= 11 is 0.858. The minimum absolute atomic E-state index is 0.0992. The number of benzene rings is 1. The molecular weight excluding hydrogens is 484 g/mol. The normalized spacial score (nSPS) is 17.8. The Kier molecular flexibility index (Phi) is 7.48. The first-order valence-corrected chi connectivity index (χ1v) is 12.4. The number of likely N-dealkylation sites (tertiary alicyclic amines) is 1. The van der Waals surface area contributed by atoms with E-state index >= 15 is 0 Å². The molecule has 0 radical (unpaired) electrons. The van der Waals surface area contributed by atoms with E-state index in [0.29, 0.717) is 59.5 Å². The summed E-state index contributed by atoms with van der Waals surface area (Å²) in [5.74, 6) is 0.866. The third-order valence-corrected chi connectivity index (χ3v) is 6.19. The molecule has 0 aliphatic carbocycles. The van der Waals surface area contributed by atoms with Crippen LogP contribution in [0.2, 0.25) is 0 Å². The van der Waals surface area contributed by atoms with Gasteiger partial charge in [0.05, 0.1) is 10.5 Å². The van der Waals surface area contributed by atoms with Crippen molar-refractivity contribution in [1.82, 2.24) is 20.2 Å². The molecule has 4 rings (SSSR count). The van der Waals surface area contributed by atoms with Crippen molar-refractivity contribution in [2.45, 2.75) is 52.2 Å². The Hall–Kier alpha value is -3.60. The minimum atomic E-state index is -0.529. The molecule has 3 heterocycles. The molecule has 2 aliphatic heterocycles. The highest BCUT2D eigenvalue weighted by Gasteiger charge is 2.28. The van der Waals surface area contributed by atoms with Crippen LogP contribution in [0.1, 0.15) is 44.7 Å². The molecule has 3 amide bonds. The van der Waals surface area contributed by atoms with Gasteiger partial charge in [0.25, 0.3) is 11.1 Å². The van der Waals surface area contributed by atoms with Gasteiger partial charge in [-0.25, -0.2) is 14.8 Å². The van der Waals surface area contributed by atoms with Crippen molar-refractivity contribution in [1.29, 1.82) is 0 Å². The van der Waals surface area contributed by atoms with Crippen LogP contribution >= 0.6 is 11.8 Å². The first kappa shape index (κ1) is 25.5. The summed E-state index contributed by atoms with van der Waals surface area (Å²) in [6.45, 7) is 8.44. The average molecular weight is 513 g/mol. The molecule has 2 saturated heterocycles. The molecule has 36 heavy (non-hydrogen) atoms. The smallest absolute Gasteiger partial charge is 0.410 e. The number of carbonyl (C=O) groups excluding carboxylic acids is 3. The predicted molar refractivity (Wildman–Crippen MR) is 134 cm³/mol. The van der Waals surface area contributed by atoms with Crippen LogP contribution in [0, 0.1) is 6.92 Å². The summed E-state index contributed by atoms with van der Waals surface area (Å²) in [6.07, 6.45) is 3.91. The van der Waals surface area contributed by atoms with Gasteiger partial charge < -0.3 is 19.1 Å². The SMILES string of the molecule is Cc1c(Oc2cccc(/C=C3\SC(=O)NC3=O)c2)ncnc1OC1CCN(C(=O)OC(C)(C)C)CC1. The lowest BCUT2D eigenvalue weighted by atomic mass is 10.1. The molecule has 2 aromatic rings. The van der Waals surface area contributed by atoms with Crippen molar-refractivity contribution in [3.8, 4) is 17.5 Å². The lowest BCUT2D eigenvalue weighted by Gasteiger charge is -2.33. The van der Waals surface area contributed by atoms with Crippen LogP contribution in [-0.4, -0.2) is 56.9 Å². The lowest BCUT2D eigenvalue weighted by Crippen LogP contribution is -2.44. The first-order valence-electron chi connectivity index (χ1n) is 11.6. The second-order valence-corrected chi connectivity index (χ2v) is 10.4. The number of nitrogens with one attached hydrogen (secondary N) is 1. The largest absolute Gasteiger partial charge is 0.474 e. The highest BCUT2D eigenvalue weighted by atomic mass is 32.2. The second-order valence-electron chi connectivity index (χ2n) is 9.42. The van der Waals surface area contributed by atoms with Crippen molar-refractivity contribution < 1.29 is 28.6 Å². The zero-order chi connectivity index (χ0) is 25.9. The number of piperidine rings is 1. The summed E-state index contributed by atoms with van der Waals surface area (Å²) in [5, 5.41) is 1.84.